The molecule has 150 valence electrons. The highest BCUT2D eigenvalue weighted by molar-refractivity contribution is 7.92. The second kappa shape index (κ2) is 7.42. The van der Waals surface area contributed by atoms with Crippen LogP contribution in [0.4, 0.5) is 28.9 Å². The smallest absolute Gasteiger partial charge is 0.322 e. The van der Waals surface area contributed by atoms with Crippen LogP contribution in [0.2, 0.25) is 0 Å². The normalized spacial score (nSPS) is 16.6. The van der Waals surface area contributed by atoms with Gasteiger partial charge in [0, 0.05) is 17.8 Å². The van der Waals surface area contributed by atoms with Gasteiger partial charge in [-0.25, -0.2) is 12.8 Å². The van der Waals surface area contributed by atoms with Gasteiger partial charge in [0.05, 0.1) is 17.0 Å². The molecule has 0 aromatic heterocycles. The minimum Gasteiger partial charge on any atom is -0.322 e. The fraction of sp³-hybridized carbons (Fsp3) is 0.278. The van der Waals surface area contributed by atoms with E-state index in [1.165, 1.54) is 28.6 Å². The zero-order valence-corrected chi connectivity index (χ0v) is 15.3. The van der Waals surface area contributed by atoms with Crippen LogP contribution >= 0.6 is 0 Å². The Morgan fingerprint density at radius 2 is 1.71 bits per heavy atom. The van der Waals surface area contributed by atoms with E-state index in [0.717, 1.165) is 12.5 Å². The summed E-state index contributed by atoms with van der Waals surface area (Å²) in [5.74, 6) is -2.08. The fourth-order valence-corrected chi connectivity index (χ4v) is 4.52. The van der Waals surface area contributed by atoms with Gasteiger partial charge in [-0.05, 0) is 55.3 Å². The fourth-order valence-electron chi connectivity index (χ4n) is 2.88. The molecule has 1 fully saturated rings. The van der Waals surface area contributed by atoms with E-state index in [1.807, 2.05) is 0 Å². The summed E-state index contributed by atoms with van der Waals surface area (Å²) in [4.78, 5) is 12.3. The Morgan fingerprint density at radius 3 is 2.32 bits per heavy atom. The van der Waals surface area contributed by atoms with Crippen molar-refractivity contribution in [2.75, 3.05) is 21.9 Å². The van der Waals surface area contributed by atoms with Crippen LogP contribution in [0, 0.1) is 5.82 Å². The van der Waals surface area contributed by atoms with Crippen LogP contribution in [0.1, 0.15) is 28.8 Å². The molecule has 3 rings (SSSR count). The lowest BCUT2D eigenvalue weighted by atomic mass is 10.1. The highest BCUT2D eigenvalue weighted by Crippen LogP contribution is 2.33. The lowest BCUT2D eigenvalue weighted by Crippen LogP contribution is -2.37. The zero-order valence-electron chi connectivity index (χ0n) is 14.5. The maximum atomic E-state index is 13.3. The summed E-state index contributed by atoms with van der Waals surface area (Å²) in [6.07, 6.45) is -3.56. The number of benzene rings is 2. The minimum absolute atomic E-state index is 0.0569. The van der Waals surface area contributed by atoms with E-state index in [4.69, 9.17) is 0 Å². The summed E-state index contributed by atoms with van der Waals surface area (Å²) < 4.78 is 77.1. The van der Waals surface area contributed by atoms with E-state index in [-0.39, 0.29) is 17.0 Å². The van der Waals surface area contributed by atoms with Crippen molar-refractivity contribution in [1.82, 2.24) is 0 Å². The van der Waals surface area contributed by atoms with Gasteiger partial charge in [0.15, 0.2) is 0 Å². The minimum atomic E-state index is -4.88. The van der Waals surface area contributed by atoms with Gasteiger partial charge in [0.2, 0.25) is 10.0 Å². The van der Waals surface area contributed by atoms with Gasteiger partial charge in [-0.2, -0.15) is 13.2 Å². The summed E-state index contributed by atoms with van der Waals surface area (Å²) in [6.45, 7) is 0.351. The van der Waals surface area contributed by atoms with Crippen molar-refractivity contribution in [1.29, 1.82) is 0 Å². The van der Waals surface area contributed by atoms with Crippen molar-refractivity contribution in [2.45, 2.75) is 19.0 Å². The van der Waals surface area contributed by atoms with Gasteiger partial charge >= 0.3 is 6.18 Å². The Bertz CT molecular complexity index is 989. The predicted octanol–water partition coefficient (Wildman–Crippen LogP) is 4.03. The number of carbonyl (C=O) groups is 1. The van der Waals surface area contributed by atoms with E-state index in [9.17, 15) is 30.8 Å². The Hall–Kier alpha value is -2.62. The molecule has 1 N–H and O–H groups in total. The number of amides is 1. The highest BCUT2D eigenvalue weighted by Gasteiger charge is 2.34. The lowest BCUT2D eigenvalue weighted by molar-refractivity contribution is -0.139. The monoisotopic (exact) mass is 416 g/mol. The molecule has 1 amide bonds. The molecule has 2 aromatic rings. The molecule has 0 spiro atoms. The second-order valence-electron chi connectivity index (χ2n) is 6.29. The van der Waals surface area contributed by atoms with Gasteiger partial charge in [0.1, 0.15) is 5.82 Å². The first kappa shape index (κ1) is 20.1. The third-order valence-corrected chi connectivity index (χ3v) is 6.17. The van der Waals surface area contributed by atoms with Crippen LogP contribution in [-0.2, 0) is 16.2 Å². The van der Waals surface area contributed by atoms with Crippen molar-refractivity contribution in [2.24, 2.45) is 0 Å². The average Bonchev–Trinajstić information content (AvgIpc) is 2.62. The molecule has 0 unspecified atom stereocenters. The first-order valence-electron chi connectivity index (χ1n) is 8.36. The maximum Gasteiger partial charge on any atom is 0.419 e. The van der Waals surface area contributed by atoms with Crippen LogP contribution < -0.4 is 9.62 Å². The second-order valence-corrected chi connectivity index (χ2v) is 8.30. The number of halogens is 4. The quantitative estimate of drug-likeness (QED) is 0.769. The number of hydrogen-bond acceptors (Lipinski definition) is 3. The molecule has 0 radical (unpaired) electrons. The summed E-state index contributed by atoms with van der Waals surface area (Å²) in [5, 5.41) is 2.28. The van der Waals surface area contributed by atoms with Crippen molar-refractivity contribution in [3.8, 4) is 0 Å². The van der Waals surface area contributed by atoms with Crippen LogP contribution in [0.3, 0.4) is 0 Å². The molecule has 0 saturated carbocycles. The number of carbonyl (C=O) groups excluding carboxylic acids is 1. The molecule has 28 heavy (non-hydrogen) atoms. The molecule has 1 heterocycles. The summed E-state index contributed by atoms with van der Waals surface area (Å²) >= 11 is 0. The number of alkyl halides is 3. The third kappa shape index (κ3) is 4.27. The molecule has 5 nitrogen and oxygen atoms in total. The first-order chi connectivity index (χ1) is 13.1. The number of nitrogens with zero attached hydrogens (tertiary/aromatic N) is 1. The number of sulfonamides is 1. The summed E-state index contributed by atoms with van der Waals surface area (Å²) in [5.41, 5.74) is -1.15. The van der Waals surface area contributed by atoms with Crippen LogP contribution in [-0.4, -0.2) is 26.6 Å². The molecule has 1 saturated heterocycles. The number of anilines is 2. The van der Waals surface area contributed by atoms with E-state index >= 15 is 0 Å². The van der Waals surface area contributed by atoms with Gasteiger partial charge in [-0.1, -0.05) is 0 Å². The number of rotatable bonds is 3. The van der Waals surface area contributed by atoms with Gasteiger partial charge in [-0.3, -0.25) is 9.10 Å². The Kier molecular flexibility index (Phi) is 5.33. The summed E-state index contributed by atoms with van der Waals surface area (Å²) in [6, 6.07) is 7.85. The summed E-state index contributed by atoms with van der Waals surface area (Å²) in [7, 11) is -3.39. The van der Waals surface area contributed by atoms with E-state index in [2.05, 4.69) is 5.32 Å². The molecule has 1 aliphatic heterocycles. The van der Waals surface area contributed by atoms with Gasteiger partial charge in [-0.15, -0.1) is 0 Å². The van der Waals surface area contributed by atoms with Crippen molar-refractivity contribution >= 4 is 27.3 Å². The molecule has 1 aliphatic rings. The van der Waals surface area contributed by atoms with E-state index in [0.29, 0.717) is 30.8 Å². The van der Waals surface area contributed by atoms with E-state index in [1.54, 1.807) is 0 Å². The van der Waals surface area contributed by atoms with Crippen LogP contribution in [0.5, 0.6) is 0 Å². The number of nitrogens with one attached hydrogen (secondary N) is 1. The SMILES string of the molecule is O=C(Nc1ccc(F)c(C(F)(F)F)c1)c1ccc(N2CCCCS2(=O)=O)cc1. The molecule has 10 heteroatoms. The molecular weight excluding hydrogens is 400 g/mol. The molecular formula is C18H16F4N2O3S. The average molecular weight is 416 g/mol. The van der Waals surface area contributed by atoms with Gasteiger partial charge in [0.25, 0.3) is 5.91 Å². The Morgan fingerprint density at radius 1 is 1.04 bits per heavy atom. The highest BCUT2D eigenvalue weighted by atomic mass is 32.2. The van der Waals surface area contributed by atoms with Crippen molar-refractivity contribution in [3.05, 3.63) is 59.4 Å². The topological polar surface area (TPSA) is 66.5 Å². The molecule has 0 aliphatic carbocycles. The standard InChI is InChI=1S/C18H16F4N2O3S/c19-16-8-5-13(11-15(16)18(20,21)22)23-17(25)12-3-6-14(7-4-12)24-9-1-2-10-28(24,26)27/h3-8,11H,1-2,9-10H2,(H,23,25). The molecule has 2 aromatic carbocycles. The Balaban J connectivity index is 1.77. The third-order valence-electron chi connectivity index (χ3n) is 4.30. The zero-order chi connectivity index (χ0) is 20.5. The molecule has 0 bridgehead atoms. The largest absolute Gasteiger partial charge is 0.419 e. The van der Waals surface area contributed by atoms with Crippen molar-refractivity contribution < 1.29 is 30.8 Å². The number of hydrogen-bond donors (Lipinski definition) is 1. The molecule has 0 atom stereocenters. The van der Waals surface area contributed by atoms with Gasteiger partial charge < -0.3 is 5.32 Å². The lowest BCUT2D eigenvalue weighted by Gasteiger charge is -2.28. The first-order valence-corrected chi connectivity index (χ1v) is 9.97. The Labute approximate surface area is 159 Å². The van der Waals surface area contributed by atoms with Crippen LogP contribution in [0.15, 0.2) is 42.5 Å². The van der Waals surface area contributed by atoms with E-state index < -0.39 is 33.5 Å². The predicted molar refractivity (Wildman–Crippen MR) is 96.2 cm³/mol. The van der Waals surface area contributed by atoms with Crippen LogP contribution in [0.25, 0.3) is 0 Å². The van der Waals surface area contributed by atoms with Crippen molar-refractivity contribution in [3.63, 3.8) is 0 Å². The maximum absolute atomic E-state index is 13.3.